The molecule has 0 aliphatic heterocycles. The predicted molar refractivity (Wildman–Crippen MR) is 55.0 cm³/mol. The molecule has 3 heteroatoms. The summed E-state index contributed by atoms with van der Waals surface area (Å²) in [6.45, 7) is 3.91. The van der Waals surface area contributed by atoms with Crippen LogP contribution in [0.4, 0.5) is 0 Å². The topological polar surface area (TPSA) is 37.3 Å². The lowest BCUT2D eigenvalue weighted by Gasteiger charge is -1.93. The number of allylic oxidation sites excluding steroid dienone is 1. The fraction of sp³-hybridized carbons (Fsp3) is 0.300. The van der Waals surface area contributed by atoms with Gasteiger partial charge in [-0.15, -0.1) is 11.3 Å². The minimum Gasteiger partial charge on any atom is -0.478 e. The molecule has 2 nitrogen and oxygen atoms in total. The number of hydrogen-bond acceptors (Lipinski definition) is 2. The summed E-state index contributed by atoms with van der Waals surface area (Å²) in [5.74, 6) is -0.885. The van der Waals surface area contributed by atoms with E-state index in [1.165, 1.54) is 11.0 Å². The summed E-state index contributed by atoms with van der Waals surface area (Å²) in [5.41, 5.74) is 0.817. The first kappa shape index (κ1) is 9.99. The van der Waals surface area contributed by atoms with Crippen LogP contribution < -0.4 is 0 Å². The van der Waals surface area contributed by atoms with Gasteiger partial charge in [-0.1, -0.05) is 6.92 Å². The highest BCUT2D eigenvalue weighted by Crippen LogP contribution is 2.23. The van der Waals surface area contributed by atoms with Gasteiger partial charge in [0.15, 0.2) is 0 Å². The number of hydrogen-bond donors (Lipinski definition) is 1. The van der Waals surface area contributed by atoms with Crippen molar-refractivity contribution >= 4 is 22.9 Å². The van der Waals surface area contributed by atoms with Crippen LogP contribution in [0.15, 0.2) is 18.2 Å². The molecule has 0 aliphatic rings. The highest BCUT2D eigenvalue weighted by Gasteiger charge is 2.01. The number of aliphatic carboxylic acids is 1. The van der Waals surface area contributed by atoms with Gasteiger partial charge in [-0.05, 0) is 31.1 Å². The van der Waals surface area contributed by atoms with Gasteiger partial charge >= 0.3 is 5.97 Å². The molecule has 0 aromatic carbocycles. The van der Waals surface area contributed by atoms with Gasteiger partial charge in [-0.25, -0.2) is 4.79 Å². The van der Waals surface area contributed by atoms with E-state index in [1.54, 1.807) is 11.3 Å². The van der Waals surface area contributed by atoms with Crippen LogP contribution in [0, 0.1) is 0 Å². The minimum absolute atomic E-state index is 0.817. The molecule has 0 fully saturated rings. The van der Waals surface area contributed by atoms with Crippen LogP contribution in [-0.2, 0) is 11.2 Å². The Kier molecular flexibility index (Phi) is 3.25. The zero-order valence-electron chi connectivity index (χ0n) is 7.70. The van der Waals surface area contributed by atoms with Crippen LogP contribution in [0.3, 0.4) is 0 Å². The first-order valence-electron chi connectivity index (χ1n) is 4.13. The Hall–Kier alpha value is -1.09. The van der Waals surface area contributed by atoms with Crippen molar-refractivity contribution in [2.45, 2.75) is 20.3 Å². The smallest absolute Gasteiger partial charge is 0.328 e. The van der Waals surface area contributed by atoms with Gasteiger partial charge in [0, 0.05) is 15.8 Å². The summed E-state index contributed by atoms with van der Waals surface area (Å²) in [7, 11) is 0. The van der Waals surface area contributed by atoms with Crippen molar-refractivity contribution in [3.05, 3.63) is 28.0 Å². The third-order valence-corrected chi connectivity index (χ3v) is 3.10. The van der Waals surface area contributed by atoms with Gasteiger partial charge < -0.3 is 5.11 Å². The molecule has 1 aromatic heterocycles. The first-order chi connectivity index (χ1) is 6.13. The zero-order valence-corrected chi connectivity index (χ0v) is 8.52. The molecular weight excluding hydrogens is 184 g/mol. The van der Waals surface area contributed by atoms with E-state index >= 15 is 0 Å². The Bertz CT molecular complexity index is 336. The summed E-state index contributed by atoms with van der Waals surface area (Å²) in [6, 6.07) is 4.01. The Balaban J connectivity index is 2.88. The Morgan fingerprint density at radius 1 is 1.62 bits per heavy atom. The summed E-state index contributed by atoms with van der Waals surface area (Å²) in [5, 5.41) is 8.54. The van der Waals surface area contributed by atoms with Gasteiger partial charge in [0.05, 0.1) is 0 Å². The van der Waals surface area contributed by atoms with Crippen molar-refractivity contribution in [1.29, 1.82) is 0 Å². The van der Waals surface area contributed by atoms with Crippen LogP contribution >= 0.6 is 11.3 Å². The molecule has 70 valence electrons. The van der Waals surface area contributed by atoms with Crippen molar-refractivity contribution in [2.75, 3.05) is 0 Å². The molecule has 13 heavy (non-hydrogen) atoms. The maximum atomic E-state index is 10.4. The standard InChI is InChI=1S/C10H12O2S/c1-3-8-4-5-9(13-8)7(2)6-10(11)12/h4-6H,3H2,1-2H3,(H,11,12)/b7-6+. The van der Waals surface area contributed by atoms with Crippen molar-refractivity contribution in [3.63, 3.8) is 0 Å². The van der Waals surface area contributed by atoms with Crippen LogP contribution in [-0.4, -0.2) is 11.1 Å². The van der Waals surface area contributed by atoms with Crippen LogP contribution in [0.25, 0.3) is 5.57 Å². The second-order valence-electron chi connectivity index (χ2n) is 2.79. The predicted octanol–water partition coefficient (Wildman–Crippen LogP) is 2.80. The molecule has 1 heterocycles. The fourth-order valence-electron chi connectivity index (χ4n) is 1.04. The number of carbonyl (C=O) groups is 1. The molecule has 1 rings (SSSR count). The molecular formula is C10H12O2S. The molecule has 1 aromatic rings. The van der Waals surface area contributed by atoms with Crippen LogP contribution in [0.1, 0.15) is 23.6 Å². The van der Waals surface area contributed by atoms with E-state index in [-0.39, 0.29) is 0 Å². The lowest BCUT2D eigenvalue weighted by molar-refractivity contribution is -0.131. The van der Waals surface area contributed by atoms with E-state index in [0.29, 0.717) is 0 Å². The van der Waals surface area contributed by atoms with Crippen molar-refractivity contribution < 1.29 is 9.90 Å². The average molecular weight is 196 g/mol. The fourth-order valence-corrected chi connectivity index (χ4v) is 1.96. The Labute approximate surface area is 81.5 Å². The molecule has 0 saturated carbocycles. The summed E-state index contributed by atoms with van der Waals surface area (Å²) < 4.78 is 0. The largest absolute Gasteiger partial charge is 0.478 e. The summed E-state index contributed by atoms with van der Waals surface area (Å²) >= 11 is 1.65. The molecule has 0 bridgehead atoms. The van der Waals surface area contributed by atoms with Crippen molar-refractivity contribution in [3.8, 4) is 0 Å². The summed E-state index contributed by atoms with van der Waals surface area (Å²) in [6.07, 6.45) is 2.25. The number of carboxylic acid groups (broad SMARTS) is 1. The number of aryl methyl sites for hydroxylation is 1. The first-order valence-corrected chi connectivity index (χ1v) is 4.95. The molecule has 0 atom stereocenters. The van der Waals surface area contributed by atoms with E-state index in [1.807, 2.05) is 19.1 Å². The Morgan fingerprint density at radius 2 is 2.31 bits per heavy atom. The van der Waals surface area contributed by atoms with E-state index in [0.717, 1.165) is 16.9 Å². The lowest BCUT2D eigenvalue weighted by atomic mass is 10.2. The van der Waals surface area contributed by atoms with Gasteiger partial charge in [0.2, 0.25) is 0 Å². The maximum absolute atomic E-state index is 10.4. The molecule has 1 N–H and O–H groups in total. The normalized spacial score (nSPS) is 11.7. The van der Waals surface area contributed by atoms with Gasteiger partial charge in [-0.2, -0.15) is 0 Å². The molecule has 0 unspecified atom stereocenters. The molecule has 0 aliphatic carbocycles. The lowest BCUT2D eigenvalue weighted by Crippen LogP contribution is -1.88. The third-order valence-electron chi connectivity index (χ3n) is 1.74. The SMILES string of the molecule is CCc1ccc(/C(C)=C/C(=O)O)s1. The van der Waals surface area contributed by atoms with Crippen LogP contribution in [0.5, 0.6) is 0 Å². The maximum Gasteiger partial charge on any atom is 0.328 e. The number of thiophene rings is 1. The summed E-state index contributed by atoms with van der Waals surface area (Å²) in [4.78, 5) is 12.7. The van der Waals surface area contributed by atoms with Gasteiger partial charge in [0.25, 0.3) is 0 Å². The van der Waals surface area contributed by atoms with E-state index in [4.69, 9.17) is 5.11 Å². The highest BCUT2D eigenvalue weighted by atomic mass is 32.1. The van der Waals surface area contributed by atoms with E-state index in [9.17, 15) is 4.79 Å². The minimum atomic E-state index is -0.885. The molecule has 0 amide bonds. The highest BCUT2D eigenvalue weighted by molar-refractivity contribution is 7.13. The number of rotatable bonds is 3. The van der Waals surface area contributed by atoms with Crippen LogP contribution in [0.2, 0.25) is 0 Å². The molecule has 0 saturated heterocycles. The third kappa shape index (κ3) is 2.70. The van der Waals surface area contributed by atoms with Gasteiger partial charge in [-0.3, -0.25) is 0 Å². The second kappa shape index (κ2) is 4.23. The number of carboxylic acids is 1. The molecule has 0 spiro atoms. The van der Waals surface area contributed by atoms with E-state index in [2.05, 4.69) is 6.92 Å². The zero-order chi connectivity index (χ0) is 9.84. The second-order valence-corrected chi connectivity index (χ2v) is 3.95. The Morgan fingerprint density at radius 3 is 2.77 bits per heavy atom. The quantitative estimate of drug-likeness (QED) is 0.755. The van der Waals surface area contributed by atoms with E-state index < -0.39 is 5.97 Å². The average Bonchev–Trinajstić information content (AvgIpc) is 2.50. The molecule has 0 radical (unpaired) electrons. The monoisotopic (exact) mass is 196 g/mol. The van der Waals surface area contributed by atoms with Crippen molar-refractivity contribution in [2.24, 2.45) is 0 Å². The van der Waals surface area contributed by atoms with Gasteiger partial charge in [0.1, 0.15) is 0 Å². The van der Waals surface area contributed by atoms with Crippen molar-refractivity contribution in [1.82, 2.24) is 0 Å².